The summed E-state index contributed by atoms with van der Waals surface area (Å²) in [5.41, 5.74) is 1.46. The molecule has 0 bridgehead atoms. The quantitative estimate of drug-likeness (QED) is 0.883. The second-order valence-corrected chi connectivity index (χ2v) is 5.94. The molecule has 0 saturated carbocycles. The minimum atomic E-state index is -0.229. The van der Waals surface area contributed by atoms with Gasteiger partial charge >= 0.3 is 0 Å². The van der Waals surface area contributed by atoms with Crippen LogP contribution in [0.5, 0.6) is 0 Å². The van der Waals surface area contributed by atoms with Gasteiger partial charge in [0.15, 0.2) is 0 Å². The summed E-state index contributed by atoms with van der Waals surface area (Å²) in [6.45, 7) is 6.24. The van der Waals surface area contributed by atoms with E-state index in [1.807, 2.05) is 13.0 Å². The molecule has 0 spiro atoms. The van der Waals surface area contributed by atoms with E-state index < -0.39 is 0 Å². The lowest BCUT2D eigenvalue weighted by atomic mass is 9.81. The molecule has 1 nitrogen and oxygen atoms in total. The number of hydrogen-bond donors (Lipinski definition) is 1. The molecule has 0 fully saturated rings. The lowest BCUT2D eigenvalue weighted by Crippen LogP contribution is -2.21. The average Bonchev–Trinajstić information content (AvgIpc) is 1.99. The van der Waals surface area contributed by atoms with Gasteiger partial charge in [0.05, 0.1) is 6.10 Å². The largest absolute Gasteiger partial charge is 0.393 e. The molecular weight excluding hydrogens is 252 g/mol. The smallest absolute Gasteiger partial charge is 0.0517 e. The van der Waals surface area contributed by atoms with Crippen LogP contribution in [0.3, 0.4) is 0 Å². The van der Waals surface area contributed by atoms with Crippen molar-refractivity contribution in [3.8, 4) is 0 Å². The molecule has 15 heavy (non-hydrogen) atoms. The highest BCUT2D eigenvalue weighted by Gasteiger charge is 2.20. The second-order valence-electron chi connectivity index (χ2n) is 5.02. The zero-order chi connectivity index (χ0) is 11.5. The summed E-state index contributed by atoms with van der Waals surface area (Å²) in [5.74, 6) is 0. The fourth-order valence-electron chi connectivity index (χ4n) is 2.07. The van der Waals surface area contributed by atoms with Crippen molar-refractivity contribution in [2.45, 2.75) is 39.7 Å². The first kappa shape index (κ1) is 12.7. The van der Waals surface area contributed by atoms with Crippen LogP contribution >= 0.6 is 15.9 Å². The zero-order valence-corrected chi connectivity index (χ0v) is 11.2. The van der Waals surface area contributed by atoms with Crippen molar-refractivity contribution >= 4 is 15.9 Å². The van der Waals surface area contributed by atoms with Crippen molar-refractivity contribution in [3.05, 3.63) is 34.3 Å². The molecule has 2 heteroatoms. The molecule has 0 aromatic heterocycles. The molecule has 1 unspecified atom stereocenters. The van der Waals surface area contributed by atoms with E-state index in [-0.39, 0.29) is 11.5 Å². The fourth-order valence-corrected chi connectivity index (χ4v) is 2.52. The van der Waals surface area contributed by atoms with Crippen LogP contribution in [0.1, 0.15) is 32.8 Å². The lowest BCUT2D eigenvalue weighted by molar-refractivity contribution is 0.129. The van der Waals surface area contributed by atoms with Gasteiger partial charge in [-0.05, 0) is 42.9 Å². The van der Waals surface area contributed by atoms with Gasteiger partial charge in [-0.2, -0.15) is 0 Å². The molecule has 0 radical (unpaired) electrons. The maximum Gasteiger partial charge on any atom is 0.0517 e. The third-order valence-corrected chi connectivity index (χ3v) is 2.91. The van der Waals surface area contributed by atoms with Crippen molar-refractivity contribution in [2.24, 2.45) is 5.41 Å². The molecule has 0 aliphatic rings. The summed E-state index contributed by atoms with van der Waals surface area (Å²) in [6.07, 6.45) is 1.60. The first-order valence-electron chi connectivity index (χ1n) is 5.31. The topological polar surface area (TPSA) is 20.2 Å². The first-order valence-corrected chi connectivity index (χ1v) is 6.11. The zero-order valence-electron chi connectivity index (χ0n) is 9.63. The molecule has 1 aromatic carbocycles. The van der Waals surface area contributed by atoms with Crippen LogP contribution in [-0.4, -0.2) is 11.2 Å². The highest BCUT2D eigenvalue weighted by molar-refractivity contribution is 9.10. The Kier molecular flexibility index (Phi) is 4.35. The lowest BCUT2D eigenvalue weighted by Gasteiger charge is -2.26. The Morgan fingerprint density at radius 3 is 2.60 bits per heavy atom. The molecular formula is C13H19BrO. The van der Waals surface area contributed by atoms with Gasteiger partial charge in [-0.15, -0.1) is 0 Å². The number of halogens is 1. The average molecular weight is 271 g/mol. The van der Waals surface area contributed by atoms with Crippen LogP contribution in [0.2, 0.25) is 0 Å². The molecule has 1 rings (SSSR count). The van der Waals surface area contributed by atoms with E-state index >= 15 is 0 Å². The van der Waals surface area contributed by atoms with E-state index in [0.29, 0.717) is 0 Å². The Balaban J connectivity index is 2.68. The van der Waals surface area contributed by atoms with E-state index in [9.17, 15) is 5.11 Å². The number of aliphatic hydroxyl groups excluding tert-OH is 1. The molecule has 1 N–H and O–H groups in total. The SMILES string of the molecule is CC(O)CC(C)(C)Cc1cccc(Br)c1. The van der Waals surface area contributed by atoms with Gasteiger partial charge in [-0.25, -0.2) is 0 Å². The molecule has 0 saturated heterocycles. The van der Waals surface area contributed by atoms with Gasteiger partial charge in [0, 0.05) is 4.47 Å². The predicted octanol–water partition coefficient (Wildman–Crippen LogP) is 3.79. The molecule has 84 valence electrons. The van der Waals surface area contributed by atoms with Crippen molar-refractivity contribution in [1.82, 2.24) is 0 Å². The number of aliphatic hydroxyl groups is 1. The standard InChI is InChI=1S/C13H19BrO/c1-10(15)8-13(2,3)9-11-5-4-6-12(14)7-11/h4-7,10,15H,8-9H2,1-3H3. The van der Waals surface area contributed by atoms with Crippen LogP contribution in [0.15, 0.2) is 28.7 Å². The number of hydrogen-bond acceptors (Lipinski definition) is 1. The normalized spacial score (nSPS) is 13.9. The Labute approximate surface area is 101 Å². The minimum absolute atomic E-state index is 0.148. The number of rotatable bonds is 4. The maximum atomic E-state index is 9.41. The molecule has 1 atom stereocenters. The first-order chi connectivity index (χ1) is 6.89. The van der Waals surface area contributed by atoms with E-state index in [1.54, 1.807) is 0 Å². The molecule has 0 amide bonds. The predicted molar refractivity (Wildman–Crippen MR) is 67.9 cm³/mol. The van der Waals surface area contributed by atoms with Crippen LogP contribution in [0, 0.1) is 5.41 Å². The van der Waals surface area contributed by atoms with Gasteiger partial charge in [-0.3, -0.25) is 0 Å². The van der Waals surface area contributed by atoms with Crippen LogP contribution in [0.25, 0.3) is 0 Å². The van der Waals surface area contributed by atoms with Crippen LogP contribution < -0.4 is 0 Å². The summed E-state index contributed by atoms with van der Waals surface area (Å²) < 4.78 is 1.12. The van der Waals surface area contributed by atoms with Gasteiger partial charge in [0.1, 0.15) is 0 Å². The highest BCUT2D eigenvalue weighted by Crippen LogP contribution is 2.28. The highest BCUT2D eigenvalue weighted by atomic mass is 79.9. The Morgan fingerprint density at radius 1 is 1.40 bits per heavy atom. The molecule has 0 heterocycles. The van der Waals surface area contributed by atoms with E-state index in [2.05, 4.69) is 48.0 Å². The third-order valence-electron chi connectivity index (χ3n) is 2.42. The number of benzene rings is 1. The molecule has 1 aromatic rings. The summed E-state index contributed by atoms with van der Waals surface area (Å²) >= 11 is 3.47. The van der Waals surface area contributed by atoms with Crippen molar-refractivity contribution in [3.63, 3.8) is 0 Å². The fraction of sp³-hybridized carbons (Fsp3) is 0.538. The third kappa shape index (κ3) is 4.80. The summed E-state index contributed by atoms with van der Waals surface area (Å²) in [4.78, 5) is 0. The minimum Gasteiger partial charge on any atom is -0.393 e. The second kappa shape index (κ2) is 5.13. The van der Waals surface area contributed by atoms with Crippen LogP contribution in [0.4, 0.5) is 0 Å². The van der Waals surface area contributed by atoms with Gasteiger partial charge in [-0.1, -0.05) is 41.9 Å². The van der Waals surface area contributed by atoms with Gasteiger partial charge in [0.25, 0.3) is 0 Å². The Morgan fingerprint density at radius 2 is 2.07 bits per heavy atom. The summed E-state index contributed by atoms with van der Waals surface area (Å²) in [7, 11) is 0. The Hall–Kier alpha value is -0.340. The summed E-state index contributed by atoms with van der Waals surface area (Å²) in [5, 5.41) is 9.41. The van der Waals surface area contributed by atoms with E-state index in [1.165, 1.54) is 5.56 Å². The maximum absolute atomic E-state index is 9.41. The van der Waals surface area contributed by atoms with Gasteiger partial charge in [0.2, 0.25) is 0 Å². The molecule has 0 aliphatic heterocycles. The van der Waals surface area contributed by atoms with E-state index in [4.69, 9.17) is 0 Å². The van der Waals surface area contributed by atoms with E-state index in [0.717, 1.165) is 17.3 Å². The summed E-state index contributed by atoms with van der Waals surface area (Å²) in [6, 6.07) is 8.36. The van der Waals surface area contributed by atoms with Crippen molar-refractivity contribution in [1.29, 1.82) is 0 Å². The Bertz CT molecular complexity index is 318. The monoisotopic (exact) mass is 270 g/mol. The van der Waals surface area contributed by atoms with Gasteiger partial charge < -0.3 is 5.11 Å². The van der Waals surface area contributed by atoms with Crippen LogP contribution in [-0.2, 0) is 6.42 Å². The van der Waals surface area contributed by atoms with Crippen molar-refractivity contribution < 1.29 is 5.11 Å². The van der Waals surface area contributed by atoms with Crippen molar-refractivity contribution in [2.75, 3.05) is 0 Å². The molecule has 0 aliphatic carbocycles.